The van der Waals surface area contributed by atoms with E-state index in [0.717, 1.165) is 0 Å². The number of carbonyl (C=O) groups is 3. The van der Waals surface area contributed by atoms with Gasteiger partial charge in [0.2, 0.25) is 5.91 Å². The fourth-order valence-electron chi connectivity index (χ4n) is 2.91. The van der Waals surface area contributed by atoms with Crippen molar-refractivity contribution in [1.82, 2.24) is 9.80 Å². The van der Waals surface area contributed by atoms with Crippen LogP contribution < -0.4 is 5.11 Å². The van der Waals surface area contributed by atoms with Crippen LogP contribution in [0, 0.1) is 11.8 Å². The average molecular weight is 309 g/mol. The first-order valence-electron chi connectivity index (χ1n) is 7.61. The molecule has 0 aromatic heterocycles. The predicted molar refractivity (Wildman–Crippen MR) is 75.5 cm³/mol. The van der Waals surface area contributed by atoms with Crippen molar-refractivity contribution in [3.8, 4) is 0 Å². The van der Waals surface area contributed by atoms with E-state index in [9.17, 15) is 19.5 Å². The fraction of sp³-hybridized carbons (Fsp3) is 0.667. The quantitative estimate of drug-likeness (QED) is 0.663. The van der Waals surface area contributed by atoms with Gasteiger partial charge in [0.05, 0.1) is 6.61 Å². The number of nitrogens with zero attached hydrogens (tertiary/aromatic N) is 2. The van der Waals surface area contributed by atoms with Crippen LogP contribution in [-0.4, -0.2) is 60.6 Å². The molecule has 1 aliphatic heterocycles. The van der Waals surface area contributed by atoms with Gasteiger partial charge in [0.25, 0.3) is 0 Å². The van der Waals surface area contributed by atoms with E-state index < -0.39 is 17.8 Å². The summed E-state index contributed by atoms with van der Waals surface area (Å²) >= 11 is 0. The van der Waals surface area contributed by atoms with Crippen molar-refractivity contribution >= 4 is 18.0 Å². The molecule has 0 radical (unpaired) electrons. The summed E-state index contributed by atoms with van der Waals surface area (Å²) in [6, 6.07) is 0. The monoisotopic (exact) mass is 309 g/mol. The molecule has 0 unspecified atom stereocenters. The molecule has 0 N–H and O–H groups in total. The fourth-order valence-corrected chi connectivity index (χ4v) is 2.91. The molecule has 122 valence electrons. The SMILES string of the molecule is CCOC(=O)N1CCN(C(=O)[C@@H]2CC=CC[C@H]2C(=O)[O-])CC1. The number of carboxylic acid groups (broad SMARTS) is 1. The number of aliphatic carboxylic acids is 1. The largest absolute Gasteiger partial charge is 0.550 e. The van der Waals surface area contributed by atoms with Crippen molar-refractivity contribution in [2.24, 2.45) is 11.8 Å². The van der Waals surface area contributed by atoms with Gasteiger partial charge in [0.15, 0.2) is 0 Å². The Morgan fingerprint density at radius 2 is 1.59 bits per heavy atom. The Balaban J connectivity index is 1.93. The van der Waals surface area contributed by atoms with Gasteiger partial charge >= 0.3 is 6.09 Å². The number of hydrogen-bond acceptors (Lipinski definition) is 5. The van der Waals surface area contributed by atoms with Crippen molar-refractivity contribution < 1.29 is 24.2 Å². The maximum absolute atomic E-state index is 12.5. The minimum absolute atomic E-state index is 0.165. The lowest BCUT2D eigenvalue weighted by atomic mass is 9.82. The smallest absolute Gasteiger partial charge is 0.409 e. The molecule has 0 spiro atoms. The summed E-state index contributed by atoms with van der Waals surface area (Å²) in [7, 11) is 0. The molecule has 2 aliphatic rings. The van der Waals surface area contributed by atoms with Gasteiger partial charge in [0, 0.05) is 44.0 Å². The molecule has 1 aliphatic carbocycles. The number of rotatable bonds is 3. The van der Waals surface area contributed by atoms with Gasteiger partial charge in [-0.1, -0.05) is 12.2 Å². The number of carboxylic acids is 1. The van der Waals surface area contributed by atoms with Crippen LogP contribution in [0.25, 0.3) is 0 Å². The van der Waals surface area contributed by atoms with Crippen molar-refractivity contribution in [3.05, 3.63) is 12.2 Å². The number of hydrogen-bond donors (Lipinski definition) is 0. The van der Waals surface area contributed by atoms with Gasteiger partial charge in [-0.3, -0.25) is 4.79 Å². The molecule has 0 saturated carbocycles. The minimum Gasteiger partial charge on any atom is -0.550 e. The van der Waals surface area contributed by atoms with Gasteiger partial charge < -0.3 is 24.4 Å². The Labute approximate surface area is 129 Å². The first kappa shape index (κ1) is 16.3. The van der Waals surface area contributed by atoms with Gasteiger partial charge in [-0.2, -0.15) is 0 Å². The maximum Gasteiger partial charge on any atom is 0.409 e. The van der Waals surface area contributed by atoms with Crippen molar-refractivity contribution in [2.45, 2.75) is 19.8 Å². The molecule has 0 aromatic rings. The zero-order valence-electron chi connectivity index (χ0n) is 12.7. The standard InChI is InChI=1S/C15H22N2O5/c1-2-22-15(21)17-9-7-16(8-10-17)13(18)11-5-3-4-6-12(11)14(19)20/h3-4,11-12H,2,5-10H2,1H3,(H,19,20)/p-1/t11-,12-/m1/s1. The highest BCUT2D eigenvalue weighted by atomic mass is 16.6. The summed E-state index contributed by atoms with van der Waals surface area (Å²) in [5.41, 5.74) is 0. The van der Waals surface area contributed by atoms with Gasteiger partial charge in [-0.05, 0) is 19.8 Å². The number of amides is 2. The third-order valence-electron chi connectivity index (χ3n) is 4.17. The molecule has 2 amide bonds. The van der Waals surface area contributed by atoms with E-state index in [1.165, 1.54) is 0 Å². The van der Waals surface area contributed by atoms with E-state index in [0.29, 0.717) is 45.6 Å². The predicted octanol–water partition coefficient (Wildman–Crippen LogP) is -0.381. The number of allylic oxidation sites excluding steroid dienone is 2. The maximum atomic E-state index is 12.5. The van der Waals surface area contributed by atoms with E-state index in [1.807, 2.05) is 6.08 Å². The normalized spacial score (nSPS) is 25.0. The topological polar surface area (TPSA) is 90.0 Å². The number of piperazine rings is 1. The second kappa shape index (κ2) is 7.29. The summed E-state index contributed by atoms with van der Waals surface area (Å²) in [5.74, 6) is -2.67. The highest BCUT2D eigenvalue weighted by molar-refractivity contribution is 5.85. The first-order valence-corrected chi connectivity index (χ1v) is 7.61. The summed E-state index contributed by atoms with van der Waals surface area (Å²) in [6.07, 6.45) is 4.01. The van der Waals surface area contributed by atoms with E-state index >= 15 is 0 Å². The van der Waals surface area contributed by atoms with Crippen LogP contribution in [0.4, 0.5) is 4.79 Å². The van der Waals surface area contributed by atoms with Crippen LogP contribution >= 0.6 is 0 Å². The number of carbonyl (C=O) groups excluding carboxylic acids is 3. The summed E-state index contributed by atoms with van der Waals surface area (Å²) < 4.78 is 4.93. The Morgan fingerprint density at radius 3 is 2.14 bits per heavy atom. The van der Waals surface area contributed by atoms with Crippen LogP contribution in [-0.2, 0) is 14.3 Å². The van der Waals surface area contributed by atoms with Crippen LogP contribution in [0.5, 0.6) is 0 Å². The van der Waals surface area contributed by atoms with Crippen LogP contribution in [0.2, 0.25) is 0 Å². The first-order chi connectivity index (χ1) is 10.5. The second-order valence-electron chi connectivity index (χ2n) is 5.49. The van der Waals surface area contributed by atoms with Gasteiger partial charge in [0.1, 0.15) is 0 Å². The van der Waals surface area contributed by atoms with Gasteiger partial charge in [-0.25, -0.2) is 4.79 Å². The lowest BCUT2D eigenvalue weighted by molar-refractivity contribution is -0.313. The Kier molecular flexibility index (Phi) is 5.41. The highest BCUT2D eigenvalue weighted by Crippen LogP contribution is 2.27. The lowest BCUT2D eigenvalue weighted by Gasteiger charge is -2.38. The van der Waals surface area contributed by atoms with Crippen LogP contribution in [0.3, 0.4) is 0 Å². The molecule has 0 aromatic carbocycles. The molecule has 2 atom stereocenters. The average Bonchev–Trinajstić information content (AvgIpc) is 2.54. The summed E-state index contributed by atoms with van der Waals surface area (Å²) in [5, 5.41) is 11.2. The zero-order chi connectivity index (χ0) is 16.1. The molecular weight excluding hydrogens is 288 g/mol. The van der Waals surface area contributed by atoms with Crippen molar-refractivity contribution in [2.75, 3.05) is 32.8 Å². The molecule has 1 fully saturated rings. The molecule has 7 nitrogen and oxygen atoms in total. The van der Waals surface area contributed by atoms with Gasteiger partial charge in [-0.15, -0.1) is 0 Å². The van der Waals surface area contributed by atoms with E-state index in [4.69, 9.17) is 4.74 Å². The molecule has 0 bridgehead atoms. The third kappa shape index (κ3) is 3.58. The molecular formula is C15H21N2O5-. The second-order valence-corrected chi connectivity index (χ2v) is 5.49. The van der Waals surface area contributed by atoms with E-state index in [2.05, 4.69) is 0 Å². The van der Waals surface area contributed by atoms with E-state index in [-0.39, 0.29) is 12.0 Å². The molecule has 1 heterocycles. The van der Waals surface area contributed by atoms with Crippen LogP contribution in [0.1, 0.15) is 19.8 Å². The minimum atomic E-state index is -1.17. The highest BCUT2D eigenvalue weighted by Gasteiger charge is 2.34. The molecule has 1 saturated heterocycles. The zero-order valence-corrected chi connectivity index (χ0v) is 12.7. The van der Waals surface area contributed by atoms with Crippen LogP contribution in [0.15, 0.2) is 12.2 Å². The van der Waals surface area contributed by atoms with E-state index in [1.54, 1.807) is 22.8 Å². The van der Waals surface area contributed by atoms with Crippen molar-refractivity contribution in [1.29, 1.82) is 0 Å². The third-order valence-corrected chi connectivity index (χ3v) is 4.17. The summed E-state index contributed by atoms with van der Waals surface area (Å²) in [6.45, 7) is 3.68. The summed E-state index contributed by atoms with van der Waals surface area (Å²) in [4.78, 5) is 38.5. The molecule has 22 heavy (non-hydrogen) atoms. The molecule has 2 rings (SSSR count). The number of ether oxygens (including phenoxy) is 1. The Hall–Kier alpha value is -2.05. The lowest BCUT2D eigenvalue weighted by Crippen LogP contribution is -2.53. The van der Waals surface area contributed by atoms with Crippen molar-refractivity contribution in [3.63, 3.8) is 0 Å². The Bertz CT molecular complexity index is 469. The molecule has 7 heteroatoms. The Morgan fingerprint density at radius 1 is 1.05 bits per heavy atom.